The monoisotopic (exact) mass is 338 g/mol. The van der Waals surface area contributed by atoms with Gasteiger partial charge in [0.25, 0.3) is 0 Å². The molecule has 0 saturated heterocycles. The fourth-order valence-corrected chi connectivity index (χ4v) is 3.05. The van der Waals surface area contributed by atoms with Crippen LogP contribution in [-0.4, -0.2) is 34.7 Å². The fourth-order valence-electron chi connectivity index (χ4n) is 3.05. The zero-order valence-corrected chi connectivity index (χ0v) is 14.8. The Labute approximate surface area is 148 Å². The Morgan fingerprint density at radius 3 is 3.00 bits per heavy atom. The summed E-state index contributed by atoms with van der Waals surface area (Å²) in [6, 6.07) is 8.25. The smallest absolute Gasteiger partial charge is 0.191 e. The molecule has 0 amide bonds. The van der Waals surface area contributed by atoms with E-state index in [2.05, 4.69) is 49.0 Å². The van der Waals surface area contributed by atoms with E-state index < -0.39 is 0 Å². The number of nitrogens with zero attached hydrogens (tertiary/aromatic N) is 3. The molecule has 1 aliphatic carbocycles. The lowest BCUT2D eigenvalue weighted by molar-refractivity contribution is 0.665. The number of aliphatic imine (C=N–C) groups is 1. The first-order valence-electron chi connectivity index (χ1n) is 8.92. The number of allylic oxidation sites excluding steroid dienone is 1. The second kappa shape index (κ2) is 9.01. The van der Waals surface area contributed by atoms with Crippen LogP contribution in [0.5, 0.6) is 0 Å². The minimum atomic E-state index is 0.713. The lowest BCUT2D eigenvalue weighted by Crippen LogP contribution is -2.37. The van der Waals surface area contributed by atoms with Crippen LogP contribution in [-0.2, 0) is 6.54 Å². The standard InChI is InChI=1S/C19H26N6/c1-20-19(21-11-10-15-6-3-2-4-7-15)22-13-16-8-5-9-17(12-16)18-23-14-24-25-18/h5-6,8-9,12,14H,2-4,7,10-11,13H2,1H3,(H2,20,21,22)(H,23,24,25). The zero-order chi connectivity index (χ0) is 17.3. The van der Waals surface area contributed by atoms with Crippen LogP contribution in [0.25, 0.3) is 11.4 Å². The Hall–Kier alpha value is -2.63. The van der Waals surface area contributed by atoms with Crippen LogP contribution in [0.15, 0.2) is 47.2 Å². The van der Waals surface area contributed by atoms with Gasteiger partial charge in [0.2, 0.25) is 0 Å². The predicted molar refractivity (Wildman–Crippen MR) is 101 cm³/mol. The molecule has 0 spiro atoms. The van der Waals surface area contributed by atoms with Gasteiger partial charge in [-0.3, -0.25) is 10.1 Å². The Balaban J connectivity index is 1.48. The number of guanidine groups is 1. The molecule has 6 nitrogen and oxygen atoms in total. The van der Waals surface area contributed by atoms with Crippen LogP contribution >= 0.6 is 0 Å². The van der Waals surface area contributed by atoms with Crippen LogP contribution < -0.4 is 10.6 Å². The highest BCUT2D eigenvalue weighted by Crippen LogP contribution is 2.19. The Bertz CT molecular complexity index is 717. The van der Waals surface area contributed by atoms with Crippen LogP contribution in [0.1, 0.15) is 37.7 Å². The van der Waals surface area contributed by atoms with E-state index in [4.69, 9.17) is 0 Å². The fraction of sp³-hybridized carbons (Fsp3) is 0.421. The summed E-state index contributed by atoms with van der Waals surface area (Å²) in [4.78, 5) is 8.50. The molecule has 1 aromatic carbocycles. The number of rotatable bonds is 6. The zero-order valence-electron chi connectivity index (χ0n) is 14.8. The average molecular weight is 338 g/mol. The third kappa shape index (κ3) is 5.17. The van der Waals surface area contributed by atoms with Gasteiger partial charge in [-0.2, -0.15) is 5.10 Å². The van der Waals surface area contributed by atoms with Crippen LogP contribution in [0.3, 0.4) is 0 Å². The maximum atomic E-state index is 4.30. The minimum absolute atomic E-state index is 0.713. The van der Waals surface area contributed by atoms with E-state index in [1.165, 1.54) is 37.6 Å². The number of H-pyrrole nitrogens is 1. The van der Waals surface area contributed by atoms with Gasteiger partial charge in [-0.15, -0.1) is 0 Å². The van der Waals surface area contributed by atoms with Gasteiger partial charge in [0.15, 0.2) is 11.8 Å². The van der Waals surface area contributed by atoms with Crippen molar-refractivity contribution in [2.75, 3.05) is 13.6 Å². The van der Waals surface area contributed by atoms with E-state index in [0.29, 0.717) is 6.54 Å². The van der Waals surface area contributed by atoms with Crippen molar-refractivity contribution in [3.05, 3.63) is 47.8 Å². The van der Waals surface area contributed by atoms with Crippen LogP contribution in [0, 0.1) is 0 Å². The molecule has 0 radical (unpaired) electrons. The molecule has 0 bridgehead atoms. The van der Waals surface area contributed by atoms with Gasteiger partial charge in [-0.05, 0) is 43.7 Å². The molecule has 25 heavy (non-hydrogen) atoms. The van der Waals surface area contributed by atoms with Crippen molar-refractivity contribution in [2.45, 2.75) is 38.6 Å². The molecular formula is C19H26N6. The molecule has 1 heterocycles. The molecular weight excluding hydrogens is 312 g/mol. The van der Waals surface area contributed by atoms with E-state index in [1.54, 1.807) is 12.6 Å². The Morgan fingerprint density at radius 2 is 2.24 bits per heavy atom. The van der Waals surface area contributed by atoms with Crippen LogP contribution in [0.2, 0.25) is 0 Å². The first-order valence-corrected chi connectivity index (χ1v) is 8.92. The maximum absolute atomic E-state index is 4.30. The predicted octanol–water partition coefficient (Wildman–Crippen LogP) is 3.03. The second-order valence-corrected chi connectivity index (χ2v) is 6.25. The average Bonchev–Trinajstić information content (AvgIpc) is 3.20. The van der Waals surface area contributed by atoms with Crippen molar-refractivity contribution in [1.82, 2.24) is 25.8 Å². The van der Waals surface area contributed by atoms with Crippen molar-refractivity contribution in [1.29, 1.82) is 0 Å². The van der Waals surface area contributed by atoms with E-state index in [-0.39, 0.29) is 0 Å². The van der Waals surface area contributed by atoms with Gasteiger partial charge in [-0.1, -0.05) is 29.8 Å². The summed E-state index contributed by atoms with van der Waals surface area (Å²) >= 11 is 0. The molecule has 1 aliphatic rings. The van der Waals surface area contributed by atoms with Gasteiger partial charge >= 0.3 is 0 Å². The molecule has 132 valence electrons. The molecule has 0 aliphatic heterocycles. The molecule has 0 fully saturated rings. The second-order valence-electron chi connectivity index (χ2n) is 6.25. The lowest BCUT2D eigenvalue weighted by atomic mass is 9.97. The maximum Gasteiger partial charge on any atom is 0.191 e. The largest absolute Gasteiger partial charge is 0.356 e. The summed E-state index contributed by atoms with van der Waals surface area (Å²) in [6.07, 6.45) is 10.2. The Morgan fingerprint density at radius 1 is 1.28 bits per heavy atom. The lowest BCUT2D eigenvalue weighted by Gasteiger charge is -2.15. The van der Waals surface area contributed by atoms with Crippen molar-refractivity contribution in [2.24, 2.45) is 4.99 Å². The summed E-state index contributed by atoms with van der Waals surface area (Å²) < 4.78 is 0. The number of aromatic nitrogens is 3. The van der Waals surface area contributed by atoms with Gasteiger partial charge in [0, 0.05) is 25.7 Å². The SMILES string of the molecule is CN=C(NCCC1=CCCCC1)NCc1cccc(-c2ncn[nH]2)c1. The molecule has 2 aromatic rings. The molecule has 0 unspecified atom stereocenters. The number of nitrogens with one attached hydrogen (secondary N) is 3. The number of hydrogen-bond acceptors (Lipinski definition) is 3. The molecule has 0 atom stereocenters. The molecule has 3 N–H and O–H groups in total. The number of benzene rings is 1. The molecule has 6 heteroatoms. The topological polar surface area (TPSA) is 78.0 Å². The summed E-state index contributed by atoms with van der Waals surface area (Å²) in [5.41, 5.74) is 3.78. The van der Waals surface area contributed by atoms with Crippen molar-refractivity contribution in [3.63, 3.8) is 0 Å². The highest BCUT2D eigenvalue weighted by molar-refractivity contribution is 5.79. The van der Waals surface area contributed by atoms with E-state index in [9.17, 15) is 0 Å². The quantitative estimate of drug-likeness (QED) is 0.430. The first kappa shape index (κ1) is 17.2. The number of hydrogen-bond donors (Lipinski definition) is 3. The summed E-state index contributed by atoms with van der Waals surface area (Å²) in [5.74, 6) is 1.62. The number of aromatic amines is 1. The van der Waals surface area contributed by atoms with Crippen molar-refractivity contribution in [3.8, 4) is 11.4 Å². The third-order valence-electron chi connectivity index (χ3n) is 4.42. The van der Waals surface area contributed by atoms with E-state index in [1.807, 2.05) is 12.1 Å². The Kier molecular flexibility index (Phi) is 6.20. The van der Waals surface area contributed by atoms with Gasteiger partial charge in [0.05, 0.1) is 0 Å². The molecule has 0 saturated carbocycles. The van der Waals surface area contributed by atoms with Crippen molar-refractivity contribution >= 4 is 5.96 Å². The minimum Gasteiger partial charge on any atom is -0.356 e. The highest BCUT2D eigenvalue weighted by Gasteiger charge is 2.05. The third-order valence-corrected chi connectivity index (χ3v) is 4.42. The van der Waals surface area contributed by atoms with E-state index >= 15 is 0 Å². The molecule has 3 rings (SSSR count). The molecule has 1 aromatic heterocycles. The summed E-state index contributed by atoms with van der Waals surface area (Å²) in [7, 11) is 1.81. The van der Waals surface area contributed by atoms with Gasteiger partial charge in [0.1, 0.15) is 6.33 Å². The normalized spacial score (nSPS) is 14.9. The van der Waals surface area contributed by atoms with Crippen molar-refractivity contribution < 1.29 is 0 Å². The first-order chi connectivity index (χ1) is 12.3. The van der Waals surface area contributed by atoms with Crippen LogP contribution in [0.4, 0.5) is 0 Å². The summed E-state index contributed by atoms with van der Waals surface area (Å²) in [5, 5.41) is 13.6. The van der Waals surface area contributed by atoms with Gasteiger partial charge < -0.3 is 10.6 Å². The van der Waals surface area contributed by atoms with E-state index in [0.717, 1.165) is 30.3 Å². The van der Waals surface area contributed by atoms with Gasteiger partial charge in [-0.25, -0.2) is 4.98 Å². The highest BCUT2D eigenvalue weighted by atomic mass is 15.2. The summed E-state index contributed by atoms with van der Waals surface area (Å²) in [6.45, 7) is 1.63.